The molecule has 0 N–H and O–H groups in total. The first-order chi connectivity index (χ1) is 5.22. The fourth-order valence-corrected chi connectivity index (χ4v) is 3.46. The highest BCUT2D eigenvalue weighted by molar-refractivity contribution is 9.12. The molecule has 1 aliphatic rings. The number of carbonyl (C=O) groups is 1. The van der Waals surface area contributed by atoms with E-state index in [0.717, 1.165) is 0 Å². The molecular weight excluding hydrogens is 378 g/mol. The van der Waals surface area contributed by atoms with Gasteiger partial charge in [0.25, 0.3) is 0 Å². The van der Waals surface area contributed by atoms with Crippen LogP contribution in [-0.2, 0) is 4.79 Å². The van der Waals surface area contributed by atoms with Gasteiger partial charge in [-0.2, -0.15) is 0 Å². The number of hydrogen-bond donors (Lipinski definition) is 0. The lowest BCUT2D eigenvalue weighted by Crippen LogP contribution is -2.31. The van der Waals surface area contributed by atoms with Gasteiger partial charge in [0.05, 0.1) is 10.1 Å². The van der Waals surface area contributed by atoms with Gasteiger partial charge in [0.15, 0.2) is 7.57 Å². The number of hydrogen-bond acceptors (Lipinski definition) is 1. The molecule has 0 saturated carbocycles. The van der Waals surface area contributed by atoms with Crippen molar-refractivity contribution in [3.05, 3.63) is 10.1 Å². The first kappa shape index (κ1) is 11.6. The summed E-state index contributed by atoms with van der Waals surface area (Å²) in [6.07, 6.45) is 0. The molecule has 0 bridgehead atoms. The first-order valence-electron chi connectivity index (χ1n) is 2.59. The molecule has 0 aromatic heterocycles. The Morgan fingerprint density at radius 3 is 1.33 bits per heavy atom. The molecule has 7 heteroatoms. The molecule has 0 aromatic carbocycles. The summed E-state index contributed by atoms with van der Waals surface area (Å²) < 4.78 is -3.01. The maximum Gasteiger partial charge on any atom is 0.207 e. The summed E-state index contributed by atoms with van der Waals surface area (Å²) in [6, 6.07) is 0. The van der Waals surface area contributed by atoms with Gasteiger partial charge in [-0.25, -0.2) is 0 Å². The average molecular weight is 378 g/mol. The summed E-state index contributed by atoms with van der Waals surface area (Å²) in [5, 5.41) is -0.0228. The molecule has 0 aliphatic heterocycles. The number of carbonyl (C=O) groups excluding carboxylic acids is 1. The predicted octanol–water partition coefficient (Wildman–Crippen LogP) is 3.92. The van der Waals surface area contributed by atoms with Crippen molar-refractivity contribution in [2.45, 2.75) is 7.57 Å². The molecule has 1 rings (SSSR count). The third-order valence-electron chi connectivity index (χ3n) is 1.31. The maximum absolute atomic E-state index is 11.4. The standard InChI is InChI=1S/C5Br2Cl4O/c6-4(10)1(8)2(9)5(7,11)3(4)12/t4-,5+. The molecule has 0 spiro atoms. The second kappa shape index (κ2) is 3.28. The van der Waals surface area contributed by atoms with Crippen molar-refractivity contribution < 1.29 is 4.79 Å². The van der Waals surface area contributed by atoms with E-state index in [9.17, 15) is 4.79 Å². The van der Waals surface area contributed by atoms with E-state index in [1.54, 1.807) is 0 Å². The Balaban J connectivity index is 3.31. The normalized spacial score (nSPS) is 42.7. The van der Waals surface area contributed by atoms with Crippen molar-refractivity contribution in [1.82, 2.24) is 0 Å². The highest BCUT2D eigenvalue weighted by atomic mass is 79.9. The van der Waals surface area contributed by atoms with Crippen LogP contribution in [0.25, 0.3) is 0 Å². The van der Waals surface area contributed by atoms with Crippen molar-refractivity contribution in [3.8, 4) is 0 Å². The van der Waals surface area contributed by atoms with E-state index in [4.69, 9.17) is 46.4 Å². The van der Waals surface area contributed by atoms with Crippen molar-refractivity contribution in [1.29, 1.82) is 0 Å². The van der Waals surface area contributed by atoms with Gasteiger partial charge in [-0.1, -0.05) is 78.3 Å². The van der Waals surface area contributed by atoms with Crippen LogP contribution in [0.5, 0.6) is 0 Å². The third kappa shape index (κ3) is 1.47. The minimum Gasteiger partial charge on any atom is -0.293 e. The Labute approximate surface area is 106 Å². The number of allylic oxidation sites excluding steroid dienone is 2. The van der Waals surface area contributed by atoms with Crippen molar-refractivity contribution in [2.24, 2.45) is 0 Å². The van der Waals surface area contributed by atoms with Crippen LogP contribution in [0.4, 0.5) is 0 Å². The van der Waals surface area contributed by atoms with E-state index < -0.39 is 13.4 Å². The quantitative estimate of drug-likeness (QED) is 0.585. The van der Waals surface area contributed by atoms with E-state index in [2.05, 4.69) is 31.9 Å². The van der Waals surface area contributed by atoms with Crippen LogP contribution >= 0.6 is 78.3 Å². The Kier molecular flexibility index (Phi) is 3.17. The lowest BCUT2D eigenvalue weighted by Gasteiger charge is -2.14. The SMILES string of the molecule is O=C1[C@](Cl)(Br)C(Cl)=C(Cl)[C@]1(Cl)Br. The average Bonchev–Trinajstić information content (AvgIpc) is 2.06. The van der Waals surface area contributed by atoms with Crippen LogP contribution in [0.2, 0.25) is 0 Å². The third-order valence-corrected chi connectivity index (χ3v) is 5.24. The second-order valence-corrected chi connectivity index (χ2v) is 7.29. The molecule has 1 nitrogen and oxygen atoms in total. The van der Waals surface area contributed by atoms with Gasteiger partial charge in [0, 0.05) is 0 Å². The van der Waals surface area contributed by atoms with Crippen molar-refractivity contribution in [2.75, 3.05) is 0 Å². The molecule has 0 saturated heterocycles. The van der Waals surface area contributed by atoms with Crippen molar-refractivity contribution in [3.63, 3.8) is 0 Å². The molecule has 0 amide bonds. The molecule has 0 fully saturated rings. The van der Waals surface area contributed by atoms with Crippen LogP contribution in [0.15, 0.2) is 10.1 Å². The minimum atomic E-state index is -1.50. The predicted molar refractivity (Wildman–Crippen MR) is 58.8 cm³/mol. The number of rotatable bonds is 0. The van der Waals surface area contributed by atoms with Gasteiger partial charge >= 0.3 is 0 Å². The lowest BCUT2D eigenvalue weighted by atomic mass is 10.3. The van der Waals surface area contributed by atoms with Gasteiger partial charge in [0.1, 0.15) is 0 Å². The fourth-order valence-electron chi connectivity index (χ4n) is 0.672. The zero-order valence-electron chi connectivity index (χ0n) is 5.18. The molecule has 68 valence electrons. The van der Waals surface area contributed by atoms with Crippen molar-refractivity contribution >= 4 is 84.0 Å². The number of halogens is 6. The van der Waals surface area contributed by atoms with Crippen LogP contribution in [0.3, 0.4) is 0 Å². The zero-order chi connectivity index (χ0) is 9.73. The molecule has 0 aromatic rings. The van der Waals surface area contributed by atoms with Crippen LogP contribution < -0.4 is 0 Å². The topological polar surface area (TPSA) is 17.1 Å². The zero-order valence-corrected chi connectivity index (χ0v) is 11.4. The van der Waals surface area contributed by atoms with Gasteiger partial charge in [-0.15, -0.1) is 0 Å². The summed E-state index contributed by atoms with van der Waals surface area (Å²) >= 11 is 28.6. The summed E-state index contributed by atoms with van der Waals surface area (Å²) in [4.78, 5) is 11.4. The summed E-state index contributed by atoms with van der Waals surface area (Å²) in [5.74, 6) is -0.548. The molecule has 0 heterocycles. The van der Waals surface area contributed by atoms with Crippen LogP contribution in [-0.4, -0.2) is 13.4 Å². The molecule has 12 heavy (non-hydrogen) atoms. The van der Waals surface area contributed by atoms with E-state index in [1.807, 2.05) is 0 Å². The second-order valence-electron chi connectivity index (χ2n) is 2.11. The Hall–Kier alpha value is 1.53. The molecule has 1 aliphatic carbocycles. The number of alkyl halides is 4. The van der Waals surface area contributed by atoms with E-state index in [-0.39, 0.29) is 10.1 Å². The fraction of sp³-hybridized carbons (Fsp3) is 0.400. The van der Waals surface area contributed by atoms with Crippen LogP contribution in [0, 0.1) is 0 Å². The van der Waals surface area contributed by atoms with E-state index >= 15 is 0 Å². The first-order valence-corrected chi connectivity index (χ1v) is 5.69. The smallest absolute Gasteiger partial charge is 0.207 e. The van der Waals surface area contributed by atoms with Gasteiger partial charge < -0.3 is 0 Å². The molecular formula is C5Br2Cl4O. The van der Waals surface area contributed by atoms with Gasteiger partial charge in [0.2, 0.25) is 5.78 Å². The minimum absolute atomic E-state index is 0.0114. The van der Waals surface area contributed by atoms with Crippen LogP contribution in [0.1, 0.15) is 0 Å². The van der Waals surface area contributed by atoms with Gasteiger partial charge in [-0.05, 0) is 0 Å². The highest BCUT2D eigenvalue weighted by Crippen LogP contribution is 2.56. The maximum atomic E-state index is 11.4. The number of Topliss-reactive ketones (excluding diaryl/α,β-unsaturated/α-hetero) is 1. The van der Waals surface area contributed by atoms with Gasteiger partial charge in [-0.3, -0.25) is 4.79 Å². The summed E-state index contributed by atoms with van der Waals surface area (Å²) in [7, 11) is 0. The monoisotopic (exact) mass is 374 g/mol. The number of ketones is 1. The molecule has 2 atom stereocenters. The largest absolute Gasteiger partial charge is 0.293 e. The summed E-state index contributed by atoms with van der Waals surface area (Å²) in [6.45, 7) is 0. The van der Waals surface area contributed by atoms with E-state index in [0.29, 0.717) is 0 Å². The molecule has 0 unspecified atom stereocenters. The lowest BCUT2D eigenvalue weighted by molar-refractivity contribution is -0.117. The van der Waals surface area contributed by atoms with E-state index in [1.165, 1.54) is 0 Å². The Morgan fingerprint density at radius 1 is 1.00 bits per heavy atom. The Bertz CT molecular complexity index is 257. The summed E-state index contributed by atoms with van der Waals surface area (Å²) in [5.41, 5.74) is 0. The molecule has 0 radical (unpaired) electrons. The Morgan fingerprint density at radius 2 is 1.25 bits per heavy atom. The highest BCUT2D eigenvalue weighted by Gasteiger charge is 2.58.